The molecular formula is C8H17KN2O2. The summed E-state index contributed by atoms with van der Waals surface area (Å²) in [5.41, 5.74) is 5.26. The summed E-state index contributed by atoms with van der Waals surface area (Å²) >= 11 is 0. The molecule has 0 rings (SSSR count). The number of unbranched alkanes of at least 4 members (excludes halogenated alkanes) is 1. The molecule has 0 aliphatic carbocycles. The normalized spacial score (nSPS) is 9.08. The fraction of sp³-hybridized carbons (Fsp3) is 0.875. The second-order valence-electron chi connectivity index (χ2n) is 2.65. The Morgan fingerprint density at radius 1 is 1.31 bits per heavy atom. The van der Waals surface area contributed by atoms with Crippen molar-refractivity contribution in [2.24, 2.45) is 5.73 Å². The van der Waals surface area contributed by atoms with Crippen LogP contribution in [0.5, 0.6) is 0 Å². The largest absolute Gasteiger partial charge is 1.00 e. The molecule has 0 aromatic rings. The van der Waals surface area contributed by atoms with E-state index in [0.717, 1.165) is 12.8 Å². The van der Waals surface area contributed by atoms with E-state index >= 15 is 0 Å². The predicted molar refractivity (Wildman–Crippen MR) is 45.4 cm³/mol. The molecule has 0 heterocycles. The van der Waals surface area contributed by atoms with Crippen LogP contribution in [0.4, 0.5) is 0 Å². The summed E-state index contributed by atoms with van der Waals surface area (Å²) in [7, 11) is 0. The van der Waals surface area contributed by atoms with Gasteiger partial charge in [0.05, 0.1) is 0 Å². The smallest absolute Gasteiger partial charge is 0.854 e. The van der Waals surface area contributed by atoms with Gasteiger partial charge in [-0.2, -0.15) is 0 Å². The van der Waals surface area contributed by atoms with Crippen LogP contribution >= 0.6 is 0 Å². The van der Waals surface area contributed by atoms with Gasteiger partial charge in [0, 0.05) is 13.0 Å². The summed E-state index contributed by atoms with van der Waals surface area (Å²) in [6.07, 6.45) is 2.76. The number of nitrogens with two attached hydrogens (primary N) is 1. The molecule has 13 heavy (non-hydrogen) atoms. The number of nitrogens with one attached hydrogen (secondary N) is 1. The van der Waals surface area contributed by atoms with Crippen molar-refractivity contribution in [3.05, 3.63) is 0 Å². The van der Waals surface area contributed by atoms with Crippen LogP contribution in [-0.2, 0) is 4.79 Å². The van der Waals surface area contributed by atoms with Gasteiger partial charge in [0.2, 0.25) is 5.91 Å². The molecule has 0 spiro atoms. The zero-order valence-corrected chi connectivity index (χ0v) is 11.5. The van der Waals surface area contributed by atoms with Crippen molar-refractivity contribution in [1.82, 2.24) is 5.32 Å². The third-order valence-electron chi connectivity index (χ3n) is 1.50. The second kappa shape index (κ2) is 13.0. The molecule has 0 unspecified atom stereocenters. The summed E-state index contributed by atoms with van der Waals surface area (Å²) < 4.78 is 0. The minimum absolute atomic E-state index is 0. The quantitative estimate of drug-likeness (QED) is 0.333. The van der Waals surface area contributed by atoms with Gasteiger partial charge in [-0.25, -0.2) is 0 Å². The van der Waals surface area contributed by atoms with E-state index < -0.39 is 0 Å². The number of amides is 1. The summed E-state index contributed by atoms with van der Waals surface area (Å²) in [5, 5.41) is 12.7. The first-order valence-electron chi connectivity index (χ1n) is 4.36. The van der Waals surface area contributed by atoms with Crippen LogP contribution in [0.15, 0.2) is 0 Å². The molecule has 3 N–H and O–H groups in total. The van der Waals surface area contributed by atoms with Crippen LogP contribution < -0.4 is 67.5 Å². The Balaban J connectivity index is 0. The van der Waals surface area contributed by atoms with Crippen molar-refractivity contribution in [2.45, 2.75) is 25.7 Å². The van der Waals surface area contributed by atoms with Gasteiger partial charge >= 0.3 is 51.4 Å². The molecule has 0 saturated heterocycles. The molecule has 0 aromatic heterocycles. The fourth-order valence-electron chi connectivity index (χ4n) is 0.818. The molecular weight excluding hydrogens is 195 g/mol. The van der Waals surface area contributed by atoms with E-state index in [-0.39, 0.29) is 63.9 Å². The molecule has 0 aromatic carbocycles. The van der Waals surface area contributed by atoms with Crippen LogP contribution in [0, 0.1) is 0 Å². The number of carbonyl (C=O) groups is 1. The Labute approximate surface area is 122 Å². The summed E-state index contributed by atoms with van der Waals surface area (Å²) in [5.74, 6) is 0.0249. The maximum absolute atomic E-state index is 10.9. The van der Waals surface area contributed by atoms with Crippen molar-refractivity contribution in [3.8, 4) is 0 Å². The van der Waals surface area contributed by atoms with Gasteiger partial charge in [0.15, 0.2) is 0 Å². The predicted octanol–water partition coefficient (Wildman–Crippen LogP) is -4.01. The van der Waals surface area contributed by atoms with E-state index in [0.29, 0.717) is 25.9 Å². The van der Waals surface area contributed by atoms with Crippen molar-refractivity contribution in [1.29, 1.82) is 0 Å². The van der Waals surface area contributed by atoms with E-state index in [4.69, 9.17) is 5.73 Å². The van der Waals surface area contributed by atoms with Crippen LogP contribution in [-0.4, -0.2) is 25.6 Å². The van der Waals surface area contributed by atoms with Gasteiger partial charge in [0.1, 0.15) is 0 Å². The Morgan fingerprint density at radius 3 is 2.54 bits per heavy atom. The zero-order valence-electron chi connectivity index (χ0n) is 8.34. The van der Waals surface area contributed by atoms with Crippen molar-refractivity contribution < 1.29 is 61.3 Å². The van der Waals surface area contributed by atoms with Crippen LogP contribution in [0.1, 0.15) is 25.7 Å². The second-order valence-corrected chi connectivity index (χ2v) is 2.65. The number of hydrogen-bond acceptors (Lipinski definition) is 3. The minimum atomic E-state index is -0.122. The SMILES string of the molecule is NCCCCC(=O)NCCC[O-].[K+]. The van der Waals surface area contributed by atoms with Gasteiger partial charge in [-0.3, -0.25) is 4.79 Å². The van der Waals surface area contributed by atoms with Crippen LogP contribution in [0.3, 0.4) is 0 Å². The molecule has 0 fully saturated rings. The molecule has 0 bridgehead atoms. The summed E-state index contributed by atoms with van der Waals surface area (Å²) in [4.78, 5) is 10.9. The van der Waals surface area contributed by atoms with Gasteiger partial charge in [-0.1, -0.05) is 6.42 Å². The standard InChI is InChI=1S/C8H17N2O2.K/c9-5-2-1-4-8(12)10-6-3-7-11;/h1-7,9H2,(H,10,12);/q-1;+1. The third-order valence-corrected chi connectivity index (χ3v) is 1.50. The van der Waals surface area contributed by atoms with Gasteiger partial charge in [0.25, 0.3) is 0 Å². The van der Waals surface area contributed by atoms with Crippen molar-refractivity contribution in [2.75, 3.05) is 19.7 Å². The van der Waals surface area contributed by atoms with Gasteiger partial charge in [-0.05, 0) is 19.4 Å². The van der Waals surface area contributed by atoms with Gasteiger partial charge < -0.3 is 16.2 Å². The van der Waals surface area contributed by atoms with E-state index in [1.54, 1.807) is 0 Å². The average molecular weight is 212 g/mol. The summed E-state index contributed by atoms with van der Waals surface area (Å²) in [6.45, 7) is 1.02. The van der Waals surface area contributed by atoms with Crippen LogP contribution in [0.25, 0.3) is 0 Å². The maximum atomic E-state index is 10.9. The number of hydrogen-bond donors (Lipinski definition) is 2. The van der Waals surface area contributed by atoms with Crippen LogP contribution in [0.2, 0.25) is 0 Å². The molecule has 0 radical (unpaired) electrons. The van der Waals surface area contributed by atoms with E-state index in [1.807, 2.05) is 0 Å². The maximum Gasteiger partial charge on any atom is 1.00 e. The molecule has 5 heteroatoms. The topological polar surface area (TPSA) is 78.2 Å². The first-order valence-corrected chi connectivity index (χ1v) is 4.36. The first kappa shape index (κ1) is 16.5. The minimum Gasteiger partial charge on any atom is -0.854 e. The zero-order chi connectivity index (χ0) is 9.23. The number of rotatable bonds is 7. The molecule has 0 atom stereocenters. The first-order chi connectivity index (χ1) is 5.81. The van der Waals surface area contributed by atoms with E-state index in [9.17, 15) is 9.90 Å². The Kier molecular flexibility index (Phi) is 16.5. The van der Waals surface area contributed by atoms with E-state index in [1.165, 1.54) is 0 Å². The monoisotopic (exact) mass is 212 g/mol. The summed E-state index contributed by atoms with van der Waals surface area (Å²) in [6, 6.07) is 0. The molecule has 0 saturated carbocycles. The molecule has 72 valence electrons. The van der Waals surface area contributed by atoms with Crippen molar-refractivity contribution in [3.63, 3.8) is 0 Å². The van der Waals surface area contributed by atoms with Crippen molar-refractivity contribution >= 4 is 5.91 Å². The molecule has 0 aliphatic heterocycles. The van der Waals surface area contributed by atoms with Gasteiger partial charge in [-0.15, -0.1) is 6.61 Å². The fourth-order valence-corrected chi connectivity index (χ4v) is 0.818. The Bertz CT molecular complexity index is 111. The Hall–Kier alpha value is 1.03. The average Bonchev–Trinajstić information content (AvgIpc) is 2.06. The molecule has 0 aliphatic rings. The third kappa shape index (κ3) is 13.0. The van der Waals surface area contributed by atoms with E-state index in [2.05, 4.69) is 5.32 Å². The Morgan fingerprint density at radius 2 is 2.00 bits per heavy atom. The molecule has 4 nitrogen and oxygen atoms in total. The number of carbonyl (C=O) groups excluding carboxylic acids is 1. The molecule has 1 amide bonds.